The van der Waals surface area contributed by atoms with Gasteiger partial charge in [0.05, 0.1) is 0 Å². The summed E-state index contributed by atoms with van der Waals surface area (Å²) in [6.07, 6.45) is 2.00. The number of hydrogen-bond donors (Lipinski definition) is 1. The Labute approximate surface area is 107 Å². The van der Waals surface area contributed by atoms with E-state index in [-0.39, 0.29) is 18.2 Å². The van der Waals surface area contributed by atoms with Crippen molar-refractivity contribution in [3.05, 3.63) is 35.6 Å². The number of rotatable bonds is 8. The van der Waals surface area contributed by atoms with Crippen molar-refractivity contribution < 1.29 is 14.3 Å². The third-order valence-corrected chi connectivity index (χ3v) is 2.81. The van der Waals surface area contributed by atoms with Gasteiger partial charge in [-0.05, 0) is 50.7 Å². The zero-order valence-electron chi connectivity index (χ0n) is 10.7. The van der Waals surface area contributed by atoms with Gasteiger partial charge in [-0.2, -0.15) is 0 Å². The van der Waals surface area contributed by atoms with Gasteiger partial charge >= 0.3 is 0 Å². The summed E-state index contributed by atoms with van der Waals surface area (Å²) in [6, 6.07) is 5.65. The Morgan fingerprint density at radius 1 is 1.22 bits per heavy atom. The van der Waals surface area contributed by atoms with Gasteiger partial charge in [0, 0.05) is 25.1 Å². The molecule has 0 saturated heterocycles. The van der Waals surface area contributed by atoms with E-state index in [9.17, 15) is 9.18 Å². The normalized spacial score (nSPS) is 10.9. The maximum atomic E-state index is 12.7. The molecule has 1 rings (SSSR count). The molecular weight excluding hydrogens is 233 g/mol. The van der Waals surface area contributed by atoms with E-state index < -0.39 is 0 Å². The van der Waals surface area contributed by atoms with Crippen molar-refractivity contribution in [2.75, 3.05) is 26.7 Å². The average Bonchev–Trinajstić information content (AvgIpc) is 2.37. The Morgan fingerprint density at radius 2 is 1.83 bits per heavy atom. The van der Waals surface area contributed by atoms with Crippen molar-refractivity contribution in [3.63, 3.8) is 0 Å². The number of nitrogens with zero attached hydrogens (tertiary/aromatic N) is 1. The lowest BCUT2D eigenvalue weighted by molar-refractivity contribution is 0.0975. The minimum Gasteiger partial charge on any atom is -0.396 e. The molecule has 0 atom stereocenters. The van der Waals surface area contributed by atoms with E-state index in [0.717, 1.165) is 25.9 Å². The van der Waals surface area contributed by atoms with E-state index >= 15 is 0 Å². The average molecular weight is 253 g/mol. The fourth-order valence-electron chi connectivity index (χ4n) is 1.74. The second-order valence-electron chi connectivity index (χ2n) is 4.41. The van der Waals surface area contributed by atoms with E-state index in [1.165, 1.54) is 24.3 Å². The van der Waals surface area contributed by atoms with Gasteiger partial charge in [-0.25, -0.2) is 4.39 Å². The van der Waals surface area contributed by atoms with Crippen LogP contribution in [0, 0.1) is 5.82 Å². The van der Waals surface area contributed by atoms with Crippen LogP contribution in [0.5, 0.6) is 0 Å². The minimum atomic E-state index is -0.324. The van der Waals surface area contributed by atoms with Gasteiger partial charge in [0.1, 0.15) is 5.82 Å². The topological polar surface area (TPSA) is 40.5 Å². The second-order valence-corrected chi connectivity index (χ2v) is 4.41. The molecule has 0 radical (unpaired) electrons. The summed E-state index contributed by atoms with van der Waals surface area (Å²) in [4.78, 5) is 13.9. The summed E-state index contributed by atoms with van der Waals surface area (Å²) >= 11 is 0. The van der Waals surface area contributed by atoms with Gasteiger partial charge in [0.15, 0.2) is 5.78 Å². The number of aliphatic hydroxyl groups is 1. The predicted molar refractivity (Wildman–Crippen MR) is 69.2 cm³/mol. The molecule has 1 aromatic carbocycles. The smallest absolute Gasteiger partial charge is 0.162 e. The highest BCUT2D eigenvalue weighted by Crippen LogP contribution is 2.07. The molecule has 3 nitrogen and oxygen atoms in total. The van der Waals surface area contributed by atoms with E-state index in [4.69, 9.17) is 5.11 Å². The number of aliphatic hydroxyl groups excluding tert-OH is 1. The standard InChI is InChI=1S/C14H20FNO2/c1-16(10-3-11-17)9-2-4-14(18)12-5-7-13(15)8-6-12/h5-8,17H,2-4,9-11H2,1H3. The second kappa shape index (κ2) is 7.95. The van der Waals surface area contributed by atoms with E-state index in [1.807, 2.05) is 7.05 Å². The molecule has 0 aliphatic rings. The molecule has 0 unspecified atom stereocenters. The third-order valence-electron chi connectivity index (χ3n) is 2.81. The van der Waals surface area contributed by atoms with E-state index in [1.54, 1.807) is 0 Å². The van der Waals surface area contributed by atoms with Crippen LogP contribution < -0.4 is 0 Å². The molecule has 100 valence electrons. The molecule has 1 aromatic rings. The van der Waals surface area contributed by atoms with Crippen LogP contribution in [0.15, 0.2) is 24.3 Å². The molecule has 0 saturated carbocycles. The number of benzene rings is 1. The molecule has 0 aromatic heterocycles. The van der Waals surface area contributed by atoms with Crippen LogP contribution in [0.25, 0.3) is 0 Å². The Hall–Kier alpha value is -1.26. The SMILES string of the molecule is CN(CCCO)CCCC(=O)c1ccc(F)cc1. The first kappa shape index (κ1) is 14.8. The highest BCUT2D eigenvalue weighted by atomic mass is 19.1. The van der Waals surface area contributed by atoms with E-state index in [2.05, 4.69) is 4.90 Å². The van der Waals surface area contributed by atoms with Crippen LogP contribution in [0.2, 0.25) is 0 Å². The van der Waals surface area contributed by atoms with Crippen LogP contribution in [-0.2, 0) is 0 Å². The summed E-state index contributed by atoms with van der Waals surface area (Å²) in [5.74, 6) is -0.277. The third kappa shape index (κ3) is 5.38. The highest BCUT2D eigenvalue weighted by Gasteiger charge is 2.06. The van der Waals surface area contributed by atoms with Gasteiger partial charge < -0.3 is 10.0 Å². The summed E-state index contributed by atoms with van der Waals surface area (Å²) in [5, 5.41) is 8.69. The number of halogens is 1. The van der Waals surface area contributed by atoms with Gasteiger partial charge in [-0.1, -0.05) is 0 Å². The highest BCUT2D eigenvalue weighted by molar-refractivity contribution is 5.95. The van der Waals surface area contributed by atoms with Crippen LogP contribution >= 0.6 is 0 Å². The van der Waals surface area contributed by atoms with Crippen molar-refractivity contribution in [2.24, 2.45) is 0 Å². The van der Waals surface area contributed by atoms with Gasteiger partial charge in [-0.15, -0.1) is 0 Å². The summed E-state index contributed by atoms with van der Waals surface area (Å²) < 4.78 is 12.7. The number of hydrogen-bond acceptors (Lipinski definition) is 3. The van der Waals surface area contributed by atoms with Crippen molar-refractivity contribution in [2.45, 2.75) is 19.3 Å². The molecule has 1 N–H and O–H groups in total. The van der Waals surface area contributed by atoms with Crippen molar-refractivity contribution in [3.8, 4) is 0 Å². The van der Waals surface area contributed by atoms with Gasteiger partial charge in [-0.3, -0.25) is 4.79 Å². The van der Waals surface area contributed by atoms with Crippen molar-refractivity contribution in [1.82, 2.24) is 4.90 Å². The lowest BCUT2D eigenvalue weighted by Gasteiger charge is -2.15. The van der Waals surface area contributed by atoms with Gasteiger partial charge in [0.2, 0.25) is 0 Å². The molecule has 0 fully saturated rings. The Kier molecular flexibility index (Phi) is 6.54. The zero-order chi connectivity index (χ0) is 13.4. The fourth-order valence-corrected chi connectivity index (χ4v) is 1.74. The lowest BCUT2D eigenvalue weighted by atomic mass is 10.1. The summed E-state index contributed by atoms with van der Waals surface area (Å²) in [7, 11) is 1.97. The van der Waals surface area contributed by atoms with Crippen LogP contribution in [-0.4, -0.2) is 42.5 Å². The monoisotopic (exact) mass is 253 g/mol. The van der Waals surface area contributed by atoms with Crippen LogP contribution in [0.3, 0.4) is 0 Å². The Bertz CT molecular complexity index is 365. The van der Waals surface area contributed by atoms with Crippen LogP contribution in [0.1, 0.15) is 29.6 Å². The molecule has 0 spiro atoms. The number of carbonyl (C=O) groups excluding carboxylic acids is 1. The number of carbonyl (C=O) groups is 1. The molecule has 0 bridgehead atoms. The molecule has 0 aliphatic carbocycles. The summed E-state index contributed by atoms with van der Waals surface area (Å²) in [6.45, 7) is 1.85. The largest absolute Gasteiger partial charge is 0.396 e. The minimum absolute atomic E-state index is 0.0468. The van der Waals surface area contributed by atoms with E-state index in [0.29, 0.717) is 12.0 Å². The van der Waals surface area contributed by atoms with Crippen molar-refractivity contribution >= 4 is 5.78 Å². The first-order valence-corrected chi connectivity index (χ1v) is 6.21. The quantitative estimate of drug-likeness (QED) is 0.721. The summed E-state index contributed by atoms with van der Waals surface area (Å²) in [5.41, 5.74) is 0.564. The predicted octanol–water partition coefficient (Wildman–Crippen LogP) is 2.10. The molecule has 0 aliphatic heterocycles. The Balaban J connectivity index is 2.27. The first-order valence-electron chi connectivity index (χ1n) is 6.21. The maximum Gasteiger partial charge on any atom is 0.162 e. The maximum absolute atomic E-state index is 12.7. The fraction of sp³-hybridized carbons (Fsp3) is 0.500. The number of Topliss-reactive ketones (excluding diaryl/α,β-unsaturated/α-hetero) is 1. The molecular formula is C14H20FNO2. The van der Waals surface area contributed by atoms with Crippen molar-refractivity contribution in [1.29, 1.82) is 0 Å². The zero-order valence-corrected chi connectivity index (χ0v) is 10.7. The Morgan fingerprint density at radius 3 is 2.44 bits per heavy atom. The first-order chi connectivity index (χ1) is 8.63. The lowest BCUT2D eigenvalue weighted by Crippen LogP contribution is -2.22. The molecule has 4 heteroatoms. The molecule has 0 amide bonds. The van der Waals surface area contributed by atoms with Gasteiger partial charge in [0.25, 0.3) is 0 Å². The molecule has 18 heavy (non-hydrogen) atoms. The van der Waals surface area contributed by atoms with Crippen LogP contribution in [0.4, 0.5) is 4.39 Å². The molecule has 0 heterocycles. The number of ketones is 1.